The number of aromatic nitrogens is 2. The number of aromatic amines is 1. The zero-order chi connectivity index (χ0) is 37.6. The molecule has 0 aliphatic carbocycles. The number of carbonyl (C=O) groups excluding carboxylic acids is 4. The van der Waals surface area contributed by atoms with E-state index in [0.29, 0.717) is 5.69 Å². The third-order valence-corrected chi connectivity index (χ3v) is 8.75. The van der Waals surface area contributed by atoms with Crippen molar-refractivity contribution in [2.75, 3.05) is 0 Å². The molecule has 6 N–H and O–H groups in total. The van der Waals surface area contributed by atoms with Crippen LogP contribution in [0.25, 0.3) is 10.8 Å². The van der Waals surface area contributed by atoms with Gasteiger partial charge in [-0.1, -0.05) is 117 Å². The van der Waals surface area contributed by atoms with Crippen LogP contribution in [0.4, 0.5) is 4.79 Å². The van der Waals surface area contributed by atoms with Crippen LogP contribution in [0, 0.1) is 5.92 Å². The van der Waals surface area contributed by atoms with Crippen LogP contribution < -0.4 is 21.3 Å². The summed E-state index contributed by atoms with van der Waals surface area (Å²) < 4.78 is 5.47. The van der Waals surface area contributed by atoms with Crippen LogP contribution in [0.15, 0.2) is 116 Å². The summed E-state index contributed by atoms with van der Waals surface area (Å²) >= 11 is 0. The van der Waals surface area contributed by atoms with Gasteiger partial charge in [0.25, 0.3) is 5.91 Å². The van der Waals surface area contributed by atoms with Crippen molar-refractivity contribution in [2.45, 2.75) is 70.5 Å². The number of amides is 4. The molecule has 5 rings (SSSR count). The van der Waals surface area contributed by atoms with E-state index in [0.717, 1.165) is 27.5 Å². The highest BCUT2D eigenvalue weighted by atomic mass is 16.5. The molecule has 0 aliphatic rings. The summed E-state index contributed by atoms with van der Waals surface area (Å²) in [5, 5.41) is 24.1. The van der Waals surface area contributed by atoms with Crippen LogP contribution in [0.5, 0.6) is 0 Å². The van der Waals surface area contributed by atoms with Gasteiger partial charge in [-0.25, -0.2) is 9.78 Å². The molecule has 4 aromatic carbocycles. The van der Waals surface area contributed by atoms with Gasteiger partial charge in [0.15, 0.2) is 6.10 Å². The number of hydrogen-bond donors (Lipinski definition) is 6. The van der Waals surface area contributed by atoms with Crippen molar-refractivity contribution in [1.82, 2.24) is 31.2 Å². The number of nitrogens with one attached hydrogen (secondary N) is 5. The molecule has 0 fully saturated rings. The Labute approximate surface area is 308 Å². The van der Waals surface area contributed by atoms with E-state index in [1.54, 1.807) is 0 Å². The first-order chi connectivity index (χ1) is 25.7. The molecule has 1 heterocycles. The molecular formula is C41H46N6O6. The second-order valence-corrected chi connectivity index (χ2v) is 13.3. The predicted molar refractivity (Wildman–Crippen MR) is 201 cm³/mol. The monoisotopic (exact) mass is 718 g/mol. The fourth-order valence-electron chi connectivity index (χ4n) is 6.03. The van der Waals surface area contributed by atoms with Gasteiger partial charge in [0.2, 0.25) is 11.8 Å². The van der Waals surface area contributed by atoms with Crippen molar-refractivity contribution < 1.29 is 29.0 Å². The van der Waals surface area contributed by atoms with E-state index in [1.165, 1.54) is 12.5 Å². The van der Waals surface area contributed by atoms with Crippen molar-refractivity contribution in [3.05, 3.63) is 138 Å². The normalized spacial score (nSPS) is 13.4. The lowest BCUT2D eigenvalue weighted by atomic mass is 9.97. The zero-order valence-electron chi connectivity index (χ0n) is 29.8. The Morgan fingerprint density at radius 1 is 0.736 bits per heavy atom. The van der Waals surface area contributed by atoms with E-state index < -0.39 is 48.0 Å². The highest BCUT2D eigenvalue weighted by Gasteiger charge is 2.33. The molecule has 276 valence electrons. The molecule has 4 amide bonds. The summed E-state index contributed by atoms with van der Waals surface area (Å²) in [7, 11) is 0. The maximum Gasteiger partial charge on any atom is 0.408 e. The molecule has 2 unspecified atom stereocenters. The van der Waals surface area contributed by atoms with Crippen LogP contribution in [0.3, 0.4) is 0 Å². The standard InChI is InChI=1S/C41H46N6O6/c1-27(2)20-34(37(48)40(51)43-23-28-12-5-3-6-13-28)45-39(50)36(22-32-24-42-26-44-32)46-38(49)35(47-41(52)53-25-29-14-7-4-8-15-29)21-31-18-11-17-30-16-9-10-19-33(30)31/h3-19,24,26-27,34-37,48H,20-23,25H2,1-2H3,(H,42,44)(H,43,51)(H,45,50)(H,46,49)(H,47,52)/t34?,35-,36-,37?/m1/s1. The molecule has 0 bridgehead atoms. The van der Waals surface area contributed by atoms with Crippen LogP contribution >= 0.6 is 0 Å². The number of ether oxygens (including phenoxy) is 1. The molecular weight excluding hydrogens is 672 g/mol. The third kappa shape index (κ3) is 11.5. The van der Waals surface area contributed by atoms with Crippen LogP contribution in [-0.2, 0) is 45.1 Å². The molecule has 0 spiro atoms. The number of aliphatic hydroxyl groups is 1. The van der Waals surface area contributed by atoms with Gasteiger partial charge in [-0.2, -0.15) is 0 Å². The number of hydrogen-bond acceptors (Lipinski definition) is 7. The summed E-state index contributed by atoms with van der Waals surface area (Å²) in [5.74, 6) is -1.88. The maximum absolute atomic E-state index is 14.2. The van der Waals surface area contributed by atoms with Crippen molar-refractivity contribution in [3.8, 4) is 0 Å². The molecule has 5 aromatic rings. The average molecular weight is 719 g/mol. The first-order valence-electron chi connectivity index (χ1n) is 17.7. The van der Waals surface area contributed by atoms with Crippen molar-refractivity contribution in [3.63, 3.8) is 0 Å². The van der Waals surface area contributed by atoms with Gasteiger partial charge in [0.05, 0.1) is 12.4 Å². The van der Waals surface area contributed by atoms with Gasteiger partial charge in [0.1, 0.15) is 18.7 Å². The van der Waals surface area contributed by atoms with Crippen LogP contribution in [0.2, 0.25) is 0 Å². The molecule has 0 saturated heterocycles. The van der Waals surface area contributed by atoms with Crippen LogP contribution in [0.1, 0.15) is 42.7 Å². The quantitative estimate of drug-likeness (QED) is 0.0830. The van der Waals surface area contributed by atoms with Gasteiger partial charge in [-0.3, -0.25) is 14.4 Å². The Morgan fingerprint density at radius 3 is 2.08 bits per heavy atom. The molecule has 53 heavy (non-hydrogen) atoms. The van der Waals surface area contributed by atoms with Crippen molar-refractivity contribution in [2.24, 2.45) is 5.92 Å². The topological polar surface area (TPSA) is 175 Å². The van der Waals surface area contributed by atoms with Crippen molar-refractivity contribution in [1.29, 1.82) is 0 Å². The SMILES string of the molecule is CC(C)CC(NC(=O)[C@@H](Cc1cnc[nH]1)NC(=O)[C@@H](Cc1cccc2ccccc12)NC(=O)OCc1ccccc1)C(O)C(=O)NCc1ccccc1. The summed E-state index contributed by atoms with van der Waals surface area (Å²) in [6, 6.07) is 28.6. The minimum Gasteiger partial charge on any atom is -0.445 e. The summed E-state index contributed by atoms with van der Waals surface area (Å²) in [6.07, 6.45) is 1.04. The number of aliphatic hydroxyl groups excluding tert-OH is 1. The minimum atomic E-state index is -1.56. The number of alkyl carbamates (subject to hydrolysis) is 1. The molecule has 0 saturated carbocycles. The van der Waals surface area contributed by atoms with Gasteiger partial charge < -0.3 is 36.1 Å². The van der Waals surface area contributed by atoms with E-state index in [9.17, 15) is 24.3 Å². The molecule has 0 radical (unpaired) electrons. The maximum atomic E-state index is 14.2. The highest BCUT2D eigenvalue weighted by molar-refractivity contribution is 5.93. The Morgan fingerprint density at radius 2 is 1.38 bits per heavy atom. The number of fused-ring (bicyclic) bond motifs is 1. The first kappa shape index (κ1) is 38.2. The van der Waals surface area contributed by atoms with Gasteiger partial charge in [0, 0.05) is 31.3 Å². The smallest absolute Gasteiger partial charge is 0.408 e. The molecule has 12 heteroatoms. The number of nitrogens with zero attached hydrogens (tertiary/aromatic N) is 1. The minimum absolute atomic E-state index is 0.00136. The predicted octanol–water partition coefficient (Wildman–Crippen LogP) is 4.34. The lowest BCUT2D eigenvalue weighted by Gasteiger charge is -2.28. The first-order valence-corrected chi connectivity index (χ1v) is 17.7. The second-order valence-electron chi connectivity index (χ2n) is 13.3. The summed E-state index contributed by atoms with van der Waals surface area (Å²) in [6.45, 7) is 4.03. The summed E-state index contributed by atoms with van der Waals surface area (Å²) in [4.78, 5) is 61.4. The molecule has 12 nitrogen and oxygen atoms in total. The van der Waals surface area contributed by atoms with Gasteiger partial charge >= 0.3 is 6.09 Å². The molecule has 0 aliphatic heterocycles. The van der Waals surface area contributed by atoms with Gasteiger partial charge in [-0.05, 0) is 39.8 Å². The van der Waals surface area contributed by atoms with E-state index in [4.69, 9.17) is 4.74 Å². The highest BCUT2D eigenvalue weighted by Crippen LogP contribution is 2.20. The molecule has 1 aromatic heterocycles. The lowest BCUT2D eigenvalue weighted by molar-refractivity contribution is -0.134. The number of rotatable bonds is 17. The van der Waals surface area contributed by atoms with E-state index in [2.05, 4.69) is 31.2 Å². The van der Waals surface area contributed by atoms with Gasteiger partial charge in [-0.15, -0.1) is 0 Å². The van der Waals surface area contributed by atoms with E-state index >= 15 is 0 Å². The average Bonchev–Trinajstić information content (AvgIpc) is 3.69. The lowest BCUT2D eigenvalue weighted by Crippen LogP contribution is -2.58. The zero-order valence-corrected chi connectivity index (χ0v) is 29.8. The van der Waals surface area contributed by atoms with Crippen LogP contribution in [-0.4, -0.2) is 63.1 Å². The number of H-pyrrole nitrogens is 1. The number of carbonyl (C=O) groups is 4. The number of benzene rings is 4. The Bertz CT molecular complexity index is 1930. The largest absolute Gasteiger partial charge is 0.445 e. The molecule has 4 atom stereocenters. The van der Waals surface area contributed by atoms with E-state index in [1.807, 2.05) is 117 Å². The Hall–Kier alpha value is -6.01. The van der Waals surface area contributed by atoms with Crippen molar-refractivity contribution >= 4 is 34.6 Å². The van der Waals surface area contributed by atoms with E-state index in [-0.39, 0.29) is 38.3 Å². The Balaban J connectivity index is 1.35. The fraction of sp³-hybridized carbons (Fsp3) is 0.293. The fourth-order valence-corrected chi connectivity index (χ4v) is 6.03. The third-order valence-electron chi connectivity index (χ3n) is 8.75. The number of imidazole rings is 1. The summed E-state index contributed by atoms with van der Waals surface area (Å²) in [5.41, 5.74) is 3.01. The Kier molecular flexibility index (Phi) is 13.7. The second kappa shape index (κ2) is 19.0.